The average Bonchev–Trinajstić information content (AvgIpc) is 2.39. The monoisotopic (exact) mass is 281 g/mol. The van der Waals surface area contributed by atoms with Crippen LogP contribution in [0.5, 0.6) is 0 Å². The van der Waals surface area contributed by atoms with E-state index in [0.29, 0.717) is 12.0 Å². The van der Waals surface area contributed by atoms with E-state index in [1.54, 1.807) is 18.2 Å². The lowest BCUT2D eigenvalue weighted by Crippen LogP contribution is -2.32. The van der Waals surface area contributed by atoms with Crippen LogP contribution in [0.1, 0.15) is 32.3 Å². The SMILES string of the molecule is CCC(C)NS(=O)(=O)c1cccc(C#CCCO)c1. The number of aliphatic hydroxyl groups is 1. The van der Waals surface area contributed by atoms with Crippen LogP contribution in [0, 0.1) is 11.8 Å². The van der Waals surface area contributed by atoms with E-state index in [2.05, 4.69) is 16.6 Å². The molecular weight excluding hydrogens is 262 g/mol. The second-order valence-electron chi connectivity index (χ2n) is 4.23. The Morgan fingerprint density at radius 3 is 2.79 bits per heavy atom. The zero-order valence-corrected chi connectivity index (χ0v) is 12.0. The minimum Gasteiger partial charge on any atom is -0.395 e. The first-order valence-corrected chi connectivity index (χ1v) is 7.70. The van der Waals surface area contributed by atoms with E-state index in [9.17, 15) is 8.42 Å². The zero-order chi connectivity index (χ0) is 14.3. The minimum absolute atomic E-state index is 0.000555. The molecule has 1 rings (SSSR count). The fraction of sp³-hybridized carbons (Fsp3) is 0.429. The van der Waals surface area contributed by atoms with Crippen molar-refractivity contribution in [3.63, 3.8) is 0 Å². The topological polar surface area (TPSA) is 66.4 Å². The van der Waals surface area contributed by atoms with Crippen molar-refractivity contribution in [1.82, 2.24) is 4.72 Å². The number of nitrogens with one attached hydrogen (secondary N) is 1. The first kappa shape index (κ1) is 15.7. The highest BCUT2D eigenvalue weighted by molar-refractivity contribution is 7.89. The van der Waals surface area contributed by atoms with E-state index in [0.717, 1.165) is 6.42 Å². The van der Waals surface area contributed by atoms with Crippen molar-refractivity contribution in [2.75, 3.05) is 6.61 Å². The molecule has 1 aromatic rings. The molecule has 0 amide bonds. The third kappa shape index (κ3) is 5.03. The second kappa shape index (κ2) is 7.29. The summed E-state index contributed by atoms with van der Waals surface area (Å²) in [5.74, 6) is 5.59. The number of hydrogen-bond acceptors (Lipinski definition) is 3. The van der Waals surface area contributed by atoms with Gasteiger partial charge in [0.25, 0.3) is 0 Å². The predicted molar refractivity (Wildman–Crippen MR) is 75.1 cm³/mol. The van der Waals surface area contributed by atoms with E-state index in [4.69, 9.17) is 5.11 Å². The van der Waals surface area contributed by atoms with Gasteiger partial charge in [0.1, 0.15) is 0 Å². The first-order chi connectivity index (χ1) is 8.99. The van der Waals surface area contributed by atoms with Gasteiger partial charge in [-0.2, -0.15) is 0 Å². The summed E-state index contributed by atoms with van der Waals surface area (Å²) >= 11 is 0. The van der Waals surface area contributed by atoms with Crippen LogP contribution in [0.15, 0.2) is 29.2 Å². The lowest BCUT2D eigenvalue weighted by atomic mass is 10.2. The fourth-order valence-corrected chi connectivity index (χ4v) is 2.75. The Bertz CT molecular complexity index is 570. The molecule has 0 spiro atoms. The van der Waals surface area contributed by atoms with Gasteiger partial charge in [-0.05, 0) is 31.5 Å². The molecule has 0 bridgehead atoms. The fourth-order valence-electron chi connectivity index (χ4n) is 1.38. The summed E-state index contributed by atoms with van der Waals surface area (Å²) < 4.78 is 26.8. The quantitative estimate of drug-likeness (QED) is 0.804. The third-order valence-electron chi connectivity index (χ3n) is 2.58. The molecular formula is C14H19NO3S. The van der Waals surface area contributed by atoms with Crippen molar-refractivity contribution in [2.45, 2.75) is 37.6 Å². The summed E-state index contributed by atoms with van der Waals surface area (Å²) in [5.41, 5.74) is 0.625. The number of sulfonamides is 1. The number of benzene rings is 1. The lowest BCUT2D eigenvalue weighted by Gasteiger charge is -2.12. The van der Waals surface area contributed by atoms with Crippen LogP contribution in [0.2, 0.25) is 0 Å². The zero-order valence-electron chi connectivity index (χ0n) is 11.2. The second-order valence-corrected chi connectivity index (χ2v) is 5.95. The van der Waals surface area contributed by atoms with E-state index in [-0.39, 0.29) is 17.5 Å². The van der Waals surface area contributed by atoms with Crippen LogP contribution in [0.25, 0.3) is 0 Å². The van der Waals surface area contributed by atoms with E-state index < -0.39 is 10.0 Å². The molecule has 5 heteroatoms. The Hall–Kier alpha value is -1.35. The van der Waals surface area contributed by atoms with Crippen molar-refractivity contribution < 1.29 is 13.5 Å². The van der Waals surface area contributed by atoms with Gasteiger partial charge in [-0.25, -0.2) is 13.1 Å². The highest BCUT2D eigenvalue weighted by atomic mass is 32.2. The van der Waals surface area contributed by atoms with Gasteiger partial charge in [-0.15, -0.1) is 0 Å². The Kier molecular flexibility index (Phi) is 6.03. The van der Waals surface area contributed by atoms with Crippen molar-refractivity contribution >= 4 is 10.0 Å². The van der Waals surface area contributed by atoms with Gasteiger partial charge >= 0.3 is 0 Å². The van der Waals surface area contributed by atoms with Gasteiger partial charge in [-0.1, -0.05) is 24.8 Å². The van der Waals surface area contributed by atoms with E-state index in [1.807, 2.05) is 13.8 Å². The molecule has 19 heavy (non-hydrogen) atoms. The van der Waals surface area contributed by atoms with Crippen molar-refractivity contribution in [1.29, 1.82) is 0 Å². The molecule has 0 aromatic heterocycles. The summed E-state index contributed by atoms with van der Waals surface area (Å²) in [6, 6.07) is 6.38. The number of aliphatic hydroxyl groups excluding tert-OH is 1. The Morgan fingerprint density at radius 1 is 1.42 bits per heavy atom. The maximum atomic E-state index is 12.1. The molecule has 1 aromatic carbocycles. The molecule has 4 nitrogen and oxygen atoms in total. The maximum Gasteiger partial charge on any atom is 0.240 e. The summed E-state index contributed by atoms with van der Waals surface area (Å²) in [6.07, 6.45) is 1.11. The van der Waals surface area contributed by atoms with Crippen LogP contribution in [-0.4, -0.2) is 26.2 Å². The summed E-state index contributed by atoms with van der Waals surface area (Å²) in [4.78, 5) is 0.212. The van der Waals surface area contributed by atoms with E-state index in [1.165, 1.54) is 6.07 Å². The minimum atomic E-state index is -3.49. The molecule has 0 heterocycles. The van der Waals surface area contributed by atoms with Gasteiger partial charge in [0.05, 0.1) is 11.5 Å². The highest BCUT2D eigenvalue weighted by Gasteiger charge is 2.16. The maximum absolute atomic E-state index is 12.1. The predicted octanol–water partition coefficient (Wildman–Crippen LogP) is 1.50. The van der Waals surface area contributed by atoms with Gasteiger partial charge < -0.3 is 5.11 Å². The van der Waals surface area contributed by atoms with Crippen LogP contribution in [-0.2, 0) is 10.0 Å². The molecule has 0 saturated carbocycles. The molecule has 1 unspecified atom stereocenters. The highest BCUT2D eigenvalue weighted by Crippen LogP contribution is 2.12. The Balaban J connectivity index is 2.96. The smallest absolute Gasteiger partial charge is 0.240 e. The third-order valence-corrected chi connectivity index (χ3v) is 4.17. The molecule has 0 radical (unpaired) electrons. The van der Waals surface area contributed by atoms with E-state index >= 15 is 0 Å². The van der Waals surface area contributed by atoms with Crippen LogP contribution >= 0.6 is 0 Å². The van der Waals surface area contributed by atoms with Crippen molar-refractivity contribution in [3.8, 4) is 11.8 Å². The van der Waals surface area contributed by atoms with Crippen LogP contribution < -0.4 is 4.72 Å². The van der Waals surface area contributed by atoms with Crippen molar-refractivity contribution in [3.05, 3.63) is 29.8 Å². The Labute approximate surface area is 114 Å². The van der Waals surface area contributed by atoms with Gasteiger partial charge in [0.2, 0.25) is 10.0 Å². The Morgan fingerprint density at radius 2 is 2.16 bits per heavy atom. The summed E-state index contributed by atoms with van der Waals surface area (Å²) in [5, 5.41) is 8.65. The van der Waals surface area contributed by atoms with Crippen molar-refractivity contribution in [2.24, 2.45) is 0 Å². The molecule has 0 aliphatic carbocycles. The molecule has 0 saturated heterocycles. The molecule has 104 valence electrons. The van der Waals surface area contributed by atoms with Crippen LogP contribution in [0.3, 0.4) is 0 Å². The molecule has 0 fully saturated rings. The van der Waals surface area contributed by atoms with Crippen LogP contribution in [0.4, 0.5) is 0 Å². The van der Waals surface area contributed by atoms with Gasteiger partial charge in [0, 0.05) is 18.0 Å². The molecule has 0 aliphatic rings. The first-order valence-electron chi connectivity index (χ1n) is 6.21. The largest absolute Gasteiger partial charge is 0.395 e. The number of rotatable bonds is 5. The van der Waals surface area contributed by atoms with Gasteiger partial charge in [-0.3, -0.25) is 0 Å². The molecule has 1 atom stereocenters. The average molecular weight is 281 g/mol. The van der Waals surface area contributed by atoms with Gasteiger partial charge in [0.15, 0.2) is 0 Å². The normalized spacial score (nSPS) is 12.6. The summed E-state index contributed by atoms with van der Waals surface area (Å²) in [7, 11) is -3.49. The standard InChI is InChI=1S/C14H19NO3S/c1-3-12(2)15-19(17,18)14-9-6-8-13(11-14)7-4-5-10-16/h6,8-9,11-12,15-16H,3,5,10H2,1-2H3. The lowest BCUT2D eigenvalue weighted by molar-refractivity contribution is 0.305. The molecule has 2 N–H and O–H groups in total. The molecule has 0 aliphatic heterocycles. The number of hydrogen-bond donors (Lipinski definition) is 2. The summed E-state index contributed by atoms with van der Waals surface area (Å²) in [6.45, 7) is 3.74.